The number of hydrogen-bond acceptors (Lipinski definition) is 2. The van der Waals surface area contributed by atoms with E-state index in [2.05, 4.69) is 5.10 Å². The zero-order valence-corrected chi connectivity index (χ0v) is 13.5. The molecule has 0 aliphatic carbocycles. The molecule has 4 nitrogen and oxygen atoms in total. The molecule has 0 unspecified atom stereocenters. The molecule has 6 heteroatoms. The Morgan fingerprint density at radius 2 is 2.12 bits per heavy atom. The van der Waals surface area contributed by atoms with E-state index in [0.717, 1.165) is 31.9 Å². The van der Waals surface area contributed by atoms with Gasteiger partial charge in [0.1, 0.15) is 0 Å². The lowest BCUT2D eigenvalue weighted by atomic mass is 10.0. The molecular formula is C18H21F2N3O. The summed E-state index contributed by atoms with van der Waals surface area (Å²) >= 11 is 0. The molecule has 1 fully saturated rings. The minimum absolute atomic E-state index is 0.0663. The van der Waals surface area contributed by atoms with Crippen LogP contribution >= 0.6 is 0 Å². The third-order valence-corrected chi connectivity index (χ3v) is 4.52. The highest BCUT2D eigenvalue weighted by Crippen LogP contribution is 2.20. The Morgan fingerprint density at radius 1 is 1.25 bits per heavy atom. The molecule has 1 aromatic heterocycles. The van der Waals surface area contributed by atoms with E-state index in [0.29, 0.717) is 24.9 Å². The number of benzene rings is 1. The van der Waals surface area contributed by atoms with E-state index in [1.165, 1.54) is 12.1 Å². The Labute approximate surface area is 140 Å². The van der Waals surface area contributed by atoms with Gasteiger partial charge in [-0.15, -0.1) is 0 Å². The van der Waals surface area contributed by atoms with Crippen molar-refractivity contribution in [3.05, 3.63) is 53.9 Å². The van der Waals surface area contributed by atoms with E-state index in [-0.39, 0.29) is 11.9 Å². The van der Waals surface area contributed by atoms with E-state index >= 15 is 0 Å². The maximum atomic E-state index is 13.3. The van der Waals surface area contributed by atoms with Crippen molar-refractivity contribution in [2.45, 2.75) is 44.7 Å². The molecule has 2 heterocycles. The first-order valence-corrected chi connectivity index (χ1v) is 8.34. The first kappa shape index (κ1) is 16.6. The van der Waals surface area contributed by atoms with Crippen LogP contribution < -0.4 is 0 Å². The van der Waals surface area contributed by atoms with E-state index in [1.54, 1.807) is 6.20 Å². The zero-order valence-electron chi connectivity index (χ0n) is 13.5. The Morgan fingerprint density at radius 3 is 2.88 bits per heavy atom. The number of carbonyl (C=O) groups is 1. The summed E-state index contributed by atoms with van der Waals surface area (Å²) in [5.41, 5.74) is 0.642. The largest absolute Gasteiger partial charge is 0.338 e. The third-order valence-electron chi connectivity index (χ3n) is 4.52. The van der Waals surface area contributed by atoms with E-state index in [1.807, 2.05) is 21.8 Å². The standard InChI is InChI=1S/C18H21F2N3O/c19-16-7-5-14(12-17(16)20)6-8-18(24)23-11-2-1-4-15(23)13-22-10-3-9-21-22/h3,5,7,9-10,12,15H,1-2,4,6,8,11,13H2/t15-/m1/s1. The van der Waals surface area contributed by atoms with Crippen LogP contribution in [0.15, 0.2) is 36.7 Å². The van der Waals surface area contributed by atoms with Crippen molar-refractivity contribution in [2.24, 2.45) is 0 Å². The van der Waals surface area contributed by atoms with Crippen LogP contribution in [0.1, 0.15) is 31.2 Å². The molecule has 0 saturated carbocycles. The molecule has 1 aliphatic heterocycles. The predicted octanol–water partition coefficient (Wildman–Crippen LogP) is 3.18. The van der Waals surface area contributed by atoms with Gasteiger partial charge in [-0.05, 0) is 49.4 Å². The zero-order chi connectivity index (χ0) is 16.9. The molecule has 0 N–H and O–H groups in total. The Bertz CT molecular complexity index is 688. The van der Waals surface area contributed by atoms with Gasteiger partial charge in [-0.3, -0.25) is 9.48 Å². The van der Waals surface area contributed by atoms with Crippen LogP contribution in [0.4, 0.5) is 8.78 Å². The van der Waals surface area contributed by atoms with Crippen LogP contribution in [0, 0.1) is 11.6 Å². The fourth-order valence-electron chi connectivity index (χ4n) is 3.23. The maximum Gasteiger partial charge on any atom is 0.223 e. The summed E-state index contributed by atoms with van der Waals surface area (Å²) in [7, 11) is 0. The average Bonchev–Trinajstić information content (AvgIpc) is 3.09. The normalized spacial score (nSPS) is 17.9. The summed E-state index contributed by atoms with van der Waals surface area (Å²) in [4.78, 5) is 14.5. The fraction of sp³-hybridized carbons (Fsp3) is 0.444. The Hall–Kier alpha value is -2.24. The van der Waals surface area contributed by atoms with Gasteiger partial charge in [-0.25, -0.2) is 8.78 Å². The van der Waals surface area contributed by atoms with Crippen LogP contribution in [0.5, 0.6) is 0 Å². The van der Waals surface area contributed by atoms with Crippen molar-refractivity contribution < 1.29 is 13.6 Å². The summed E-state index contributed by atoms with van der Waals surface area (Å²) < 4.78 is 28.1. The highest BCUT2D eigenvalue weighted by molar-refractivity contribution is 5.76. The molecule has 0 bridgehead atoms. The number of likely N-dealkylation sites (tertiary alicyclic amines) is 1. The van der Waals surface area contributed by atoms with Crippen molar-refractivity contribution in [2.75, 3.05) is 6.54 Å². The lowest BCUT2D eigenvalue weighted by molar-refractivity contribution is -0.135. The molecule has 0 spiro atoms. The number of carbonyl (C=O) groups excluding carboxylic acids is 1. The quantitative estimate of drug-likeness (QED) is 0.843. The monoisotopic (exact) mass is 333 g/mol. The number of amides is 1. The van der Waals surface area contributed by atoms with Gasteiger partial charge in [0.05, 0.1) is 12.6 Å². The summed E-state index contributed by atoms with van der Waals surface area (Å²) in [5, 5.41) is 4.22. The molecule has 3 rings (SSSR count). The van der Waals surface area contributed by atoms with E-state index < -0.39 is 11.6 Å². The van der Waals surface area contributed by atoms with Gasteiger partial charge >= 0.3 is 0 Å². The Kier molecular flexibility index (Phi) is 5.23. The number of piperidine rings is 1. The van der Waals surface area contributed by atoms with Crippen molar-refractivity contribution in [3.8, 4) is 0 Å². The molecule has 1 amide bonds. The minimum atomic E-state index is -0.866. The molecule has 1 aromatic carbocycles. The highest BCUT2D eigenvalue weighted by atomic mass is 19.2. The Balaban J connectivity index is 1.60. The number of aromatic nitrogens is 2. The van der Waals surface area contributed by atoms with Crippen molar-refractivity contribution in [3.63, 3.8) is 0 Å². The van der Waals surface area contributed by atoms with Gasteiger partial charge in [0, 0.05) is 25.4 Å². The second-order valence-electron chi connectivity index (χ2n) is 6.21. The second-order valence-corrected chi connectivity index (χ2v) is 6.21. The van der Waals surface area contributed by atoms with Crippen molar-refractivity contribution in [1.29, 1.82) is 0 Å². The molecule has 1 atom stereocenters. The number of rotatable bonds is 5. The van der Waals surface area contributed by atoms with Crippen LogP contribution in [-0.2, 0) is 17.8 Å². The number of nitrogens with zero attached hydrogens (tertiary/aromatic N) is 3. The van der Waals surface area contributed by atoms with E-state index in [4.69, 9.17) is 0 Å². The summed E-state index contributed by atoms with van der Waals surface area (Å²) in [5.74, 6) is -1.66. The number of hydrogen-bond donors (Lipinski definition) is 0. The second kappa shape index (κ2) is 7.55. The molecule has 128 valence electrons. The predicted molar refractivity (Wildman–Crippen MR) is 86.3 cm³/mol. The van der Waals surface area contributed by atoms with Gasteiger partial charge in [0.15, 0.2) is 11.6 Å². The minimum Gasteiger partial charge on any atom is -0.338 e. The molecular weight excluding hydrogens is 312 g/mol. The fourth-order valence-corrected chi connectivity index (χ4v) is 3.23. The highest BCUT2D eigenvalue weighted by Gasteiger charge is 2.26. The van der Waals surface area contributed by atoms with Gasteiger partial charge in [-0.1, -0.05) is 6.07 Å². The topological polar surface area (TPSA) is 38.1 Å². The lowest BCUT2D eigenvalue weighted by Gasteiger charge is -2.36. The molecule has 2 aromatic rings. The van der Waals surface area contributed by atoms with Gasteiger partial charge < -0.3 is 4.90 Å². The molecule has 1 aliphatic rings. The number of aryl methyl sites for hydroxylation is 1. The first-order chi connectivity index (χ1) is 11.6. The van der Waals surface area contributed by atoms with Crippen molar-refractivity contribution in [1.82, 2.24) is 14.7 Å². The van der Waals surface area contributed by atoms with Crippen LogP contribution in [0.25, 0.3) is 0 Å². The maximum absolute atomic E-state index is 13.3. The smallest absolute Gasteiger partial charge is 0.223 e. The summed E-state index contributed by atoms with van der Waals surface area (Å²) in [6.45, 7) is 1.45. The van der Waals surface area contributed by atoms with Crippen molar-refractivity contribution >= 4 is 5.91 Å². The third kappa shape index (κ3) is 3.99. The summed E-state index contributed by atoms with van der Waals surface area (Å²) in [6, 6.07) is 5.83. The van der Waals surface area contributed by atoms with Crippen LogP contribution in [0.2, 0.25) is 0 Å². The molecule has 24 heavy (non-hydrogen) atoms. The van der Waals surface area contributed by atoms with Gasteiger partial charge in [0.2, 0.25) is 5.91 Å². The van der Waals surface area contributed by atoms with E-state index in [9.17, 15) is 13.6 Å². The van der Waals surface area contributed by atoms with Crippen LogP contribution in [-0.4, -0.2) is 33.2 Å². The van der Waals surface area contributed by atoms with Gasteiger partial charge in [-0.2, -0.15) is 5.10 Å². The molecule has 0 radical (unpaired) electrons. The first-order valence-electron chi connectivity index (χ1n) is 8.34. The molecule has 1 saturated heterocycles. The summed E-state index contributed by atoms with van der Waals surface area (Å²) in [6.07, 6.45) is 7.44. The SMILES string of the molecule is O=C(CCc1ccc(F)c(F)c1)N1CCCC[C@@H]1Cn1cccn1. The average molecular weight is 333 g/mol. The lowest BCUT2D eigenvalue weighted by Crippen LogP contribution is -2.46. The van der Waals surface area contributed by atoms with Gasteiger partial charge in [0.25, 0.3) is 0 Å². The van der Waals surface area contributed by atoms with Crippen LogP contribution in [0.3, 0.4) is 0 Å². The number of halogens is 2.